The van der Waals surface area contributed by atoms with E-state index in [2.05, 4.69) is 0 Å². The Balaban J connectivity index is 0.00000400. The monoisotopic (exact) mass is 361 g/mol. The Kier molecular flexibility index (Phi) is 8.17. The second-order valence-electron chi connectivity index (χ2n) is 4.14. The number of amides is 1. The number of nitrogens with two attached hydrogens (primary N) is 2. The highest BCUT2D eigenvalue weighted by Gasteiger charge is 2.16. The minimum Gasteiger partial charge on any atom is -0.460 e. The summed E-state index contributed by atoms with van der Waals surface area (Å²) in [5.41, 5.74) is 11.0. The van der Waals surface area contributed by atoms with Crippen molar-refractivity contribution in [3.8, 4) is 0 Å². The van der Waals surface area contributed by atoms with Crippen molar-refractivity contribution in [1.29, 1.82) is 0 Å². The van der Waals surface area contributed by atoms with Crippen LogP contribution in [-0.2, 0) is 20.9 Å². The Morgan fingerprint density at radius 1 is 1.29 bits per heavy atom. The van der Waals surface area contributed by atoms with Gasteiger partial charge in [0, 0.05) is 18.6 Å². The molecule has 0 aromatic heterocycles. The Bertz CT molecular complexity index is 506. The molecule has 0 aliphatic rings. The van der Waals surface area contributed by atoms with E-state index in [1.54, 1.807) is 0 Å². The van der Waals surface area contributed by atoms with Crippen LogP contribution >= 0.6 is 17.0 Å². The van der Waals surface area contributed by atoms with Crippen LogP contribution in [0.15, 0.2) is 24.3 Å². The summed E-state index contributed by atoms with van der Waals surface area (Å²) in [6.07, 6.45) is 0.127. The number of primary amides is 1. The number of esters is 1. The Morgan fingerprint density at radius 3 is 2.33 bits per heavy atom. The summed E-state index contributed by atoms with van der Waals surface area (Å²) in [6.45, 7) is -0.0406. The lowest BCUT2D eigenvalue weighted by molar-refractivity contribution is -0.384. The number of hydrogen-bond acceptors (Lipinski definition) is 6. The smallest absolute Gasteiger partial charge is 0.323 e. The molecular weight excluding hydrogens is 346 g/mol. The molecule has 1 rings (SSSR count). The number of ether oxygens (including phenoxy) is 1. The van der Waals surface area contributed by atoms with Crippen LogP contribution < -0.4 is 11.5 Å². The highest BCUT2D eigenvalue weighted by molar-refractivity contribution is 8.93. The summed E-state index contributed by atoms with van der Waals surface area (Å²) in [6, 6.07) is 4.69. The topological polar surface area (TPSA) is 139 Å². The lowest BCUT2D eigenvalue weighted by atomic mass is 10.1. The van der Waals surface area contributed by atoms with E-state index in [4.69, 9.17) is 16.2 Å². The van der Waals surface area contributed by atoms with Gasteiger partial charge in [0.05, 0.1) is 4.92 Å². The van der Waals surface area contributed by atoms with Crippen molar-refractivity contribution in [2.75, 3.05) is 0 Å². The second kappa shape index (κ2) is 9.03. The third-order valence-electron chi connectivity index (χ3n) is 2.53. The molecule has 1 aromatic rings. The van der Waals surface area contributed by atoms with Crippen molar-refractivity contribution in [1.82, 2.24) is 0 Å². The highest BCUT2D eigenvalue weighted by atomic mass is 79.9. The molecule has 9 heteroatoms. The van der Waals surface area contributed by atoms with Crippen LogP contribution in [0.25, 0.3) is 0 Å². The average molecular weight is 362 g/mol. The fourth-order valence-corrected chi connectivity index (χ4v) is 1.39. The molecule has 1 aromatic carbocycles. The fourth-order valence-electron chi connectivity index (χ4n) is 1.39. The van der Waals surface area contributed by atoms with E-state index in [1.165, 1.54) is 24.3 Å². The average Bonchev–Trinajstić information content (AvgIpc) is 2.42. The van der Waals surface area contributed by atoms with Crippen molar-refractivity contribution < 1.29 is 19.2 Å². The van der Waals surface area contributed by atoms with Gasteiger partial charge < -0.3 is 16.2 Å². The quantitative estimate of drug-likeness (QED) is 0.418. The normalized spacial score (nSPS) is 11.1. The molecule has 0 spiro atoms. The van der Waals surface area contributed by atoms with Crippen molar-refractivity contribution in [3.63, 3.8) is 0 Å². The minimum absolute atomic E-state index is 0. The van der Waals surface area contributed by atoms with Gasteiger partial charge in [-0.3, -0.25) is 19.7 Å². The number of nitrogens with zero attached hydrogens (tertiary/aromatic N) is 1. The van der Waals surface area contributed by atoms with Gasteiger partial charge in [-0.1, -0.05) is 0 Å². The molecule has 0 aliphatic carbocycles. The zero-order valence-corrected chi connectivity index (χ0v) is 12.8. The van der Waals surface area contributed by atoms with Gasteiger partial charge in [0.2, 0.25) is 5.91 Å². The summed E-state index contributed by atoms with van der Waals surface area (Å²) in [4.78, 5) is 32.0. The standard InChI is InChI=1S/C12H15N3O5.BrH/c13-10(5-6-11(14)16)12(17)20-7-8-1-3-9(4-2-8)15(18)19;/h1-4,10H,5-7,13H2,(H2,14,16);1H. The summed E-state index contributed by atoms with van der Waals surface area (Å²) < 4.78 is 4.94. The van der Waals surface area contributed by atoms with Crippen molar-refractivity contribution in [2.45, 2.75) is 25.5 Å². The first-order valence-electron chi connectivity index (χ1n) is 5.84. The van der Waals surface area contributed by atoms with Crippen LogP contribution in [0.2, 0.25) is 0 Å². The molecule has 4 N–H and O–H groups in total. The van der Waals surface area contributed by atoms with E-state index in [0.717, 1.165) is 0 Å². The molecule has 21 heavy (non-hydrogen) atoms. The van der Waals surface area contributed by atoms with Gasteiger partial charge >= 0.3 is 5.97 Å². The van der Waals surface area contributed by atoms with Crippen LogP contribution in [-0.4, -0.2) is 22.8 Å². The molecule has 1 amide bonds. The first-order chi connectivity index (χ1) is 9.40. The summed E-state index contributed by atoms with van der Waals surface area (Å²) in [5.74, 6) is -1.19. The van der Waals surface area contributed by atoms with Gasteiger partial charge in [0.1, 0.15) is 12.6 Å². The van der Waals surface area contributed by atoms with Gasteiger partial charge in [0.25, 0.3) is 5.69 Å². The third-order valence-corrected chi connectivity index (χ3v) is 2.53. The zero-order chi connectivity index (χ0) is 15.1. The molecule has 0 heterocycles. The molecule has 0 saturated heterocycles. The fraction of sp³-hybridized carbons (Fsp3) is 0.333. The molecule has 8 nitrogen and oxygen atoms in total. The van der Waals surface area contributed by atoms with E-state index in [-0.39, 0.29) is 42.1 Å². The van der Waals surface area contributed by atoms with E-state index in [9.17, 15) is 19.7 Å². The SMILES string of the molecule is Br.NC(=O)CCC(N)C(=O)OCc1ccc([N+](=O)[O-])cc1. The number of rotatable bonds is 7. The predicted molar refractivity (Wildman–Crippen MR) is 79.6 cm³/mol. The summed E-state index contributed by atoms with van der Waals surface area (Å²) >= 11 is 0. The van der Waals surface area contributed by atoms with Crippen molar-refractivity contribution in [3.05, 3.63) is 39.9 Å². The minimum atomic E-state index is -0.916. The summed E-state index contributed by atoms with van der Waals surface area (Å²) in [7, 11) is 0. The number of benzene rings is 1. The molecule has 1 unspecified atom stereocenters. The van der Waals surface area contributed by atoms with E-state index in [0.29, 0.717) is 5.56 Å². The van der Waals surface area contributed by atoms with Crippen LogP contribution in [0, 0.1) is 10.1 Å². The first kappa shape index (κ1) is 19.0. The zero-order valence-electron chi connectivity index (χ0n) is 11.1. The number of hydrogen-bond donors (Lipinski definition) is 2. The number of nitro groups is 1. The molecule has 0 bridgehead atoms. The maximum Gasteiger partial charge on any atom is 0.323 e. The van der Waals surface area contributed by atoms with Crippen molar-refractivity contribution in [2.24, 2.45) is 11.5 Å². The van der Waals surface area contributed by atoms with Crippen LogP contribution in [0.4, 0.5) is 5.69 Å². The molecule has 0 fully saturated rings. The van der Waals surface area contributed by atoms with Crippen molar-refractivity contribution >= 4 is 34.5 Å². The molecule has 116 valence electrons. The third kappa shape index (κ3) is 6.82. The van der Waals surface area contributed by atoms with E-state index < -0.39 is 22.8 Å². The lowest BCUT2D eigenvalue weighted by Crippen LogP contribution is -2.33. The highest BCUT2D eigenvalue weighted by Crippen LogP contribution is 2.12. The molecule has 1 atom stereocenters. The van der Waals surface area contributed by atoms with Gasteiger partial charge in [-0.15, -0.1) is 17.0 Å². The molecule has 0 aliphatic heterocycles. The number of carbonyl (C=O) groups excluding carboxylic acids is 2. The first-order valence-corrected chi connectivity index (χ1v) is 5.84. The number of halogens is 1. The summed E-state index contributed by atoms with van der Waals surface area (Å²) in [5, 5.41) is 10.5. The number of non-ortho nitro benzene ring substituents is 1. The number of nitro benzene ring substituents is 1. The van der Waals surface area contributed by atoms with Gasteiger partial charge in [0.15, 0.2) is 0 Å². The maximum absolute atomic E-state index is 11.5. The van der Waals surface area contributed by atoms with E-state index >= 15 is 0 Å². The van der Waals surface area contributed by atoms with Gasteiger partial charge in [-0.05, 0) is 24.1 Å². The Labute approximate surface area is 131 Å². The second-order valence-corrected chi connectivity index (χ2v) is 4.14. The lowest BCUT2D eigenvalue weighted by Gasteiger charge is -2.10. The van der Waals surface area contributed by atoms with Crippen LogP contribution in [0.5, 0.6) is 0 Å². The maximum atomic E-state index is 11.5. The molecule has 0 saturated carbocycles. The Hall–Kier alpha value is -2.00. The van der Waals surface area contributed by atoms with Crippen LogP contribution in [0.1, 0.15) is 18.4 Å². The van der Waals surface area contributed by atoms with Crippen LogP contribution in [0.3, 0.4) is 0 Å². The molecular formula is C12H16BrN3O5. The van der Waals surface area contributed by atoms with Gasteiger partial charge in [-0.25, -0.2) is 0 Å². The number of carbonyl (C=O) groups is 2. The Morgan fingerprint density at radius 2 is 1.86 bits per heavy atom. The van der Waals surface area contributed by atoms with E-state index in [1.807, 2.05) is 0 Å². The van der Waals surface area contributed by atoms with Gasteiger partial charge in [-0.2, -0.15) is 0 Å². The largest absolute Gasteiger partial charge is 0.460 e. The molecule has 0 radical (unpaired) electrons. The predicted octanol–water partition coefficient (Wildman–Crippen LogP) is 0.809.